The molecule has 0 bridgehead atoms. The fourth-order valence-corrected chi connectivity index (χ4v) is 2.90. The van der Waals surface area contributed by atoms with Crippen LogP contribution in [0.3, 0.4) is 0 Å². The van der Waals surface area contributed by atoms with Gasteiger partial charge in [-0.2, -0.15) is 0 Å². The van der Waals surface area contributed by atoms with Crippen LogP contribution in [0.4, 0.5) is 0 Å². The van der Waals surface area contributed by atoms with Gasteiger partial charge >= 0.3 is 0 Å². The third-order valence-corrected chi connectivity index (χ3v) is 4.30. The minimum atomic E-state index is -0.485. The van der Waals surface area contributed by atoms with Crippen molar-refractivity contribution < 1.29 is 14.7 Å². The van der Waals surface area contributed by atoms with Crippen LogP contribution >= 0.6 is 15.9 Å². The Morgan fingerprint density at radius 3 is 2.67 bits per heavy atom. The first-order chi connectivity index (χ1) is 10.1. The molecule has 3 N–H and O–H groups in total. The van der Waals surface area contributed by atoms with Crippen LogP contribution in [0.25, 0.3) is 0 Å². The molecule has 2 unspecified atom stereocenters. The van der Waals surface area contributed by atoms with Gasteiger partial charge in [0.05, 0.1) is 24.3 Å². The van der Waals surface area contributed by atoms with E-state index in [4.69, 9.17) is 0 Å². The number of aliphatic hydroxyl groups excluding tert-OH is 1. The maximum atomic E-state index is 12.0. The number of nitrogens with one attached hydrogen (secondary N) is 2. The van der Waals surface area contributed by atoms with Gasteiger partial charge in [0, 0.05) is 4.47 Å². The molecule has 21 heavy (non-hydrogen) atoms. The lowest BCUT2D eigenvalue weighted by Gasteiger charge is -2.28. The van der Waals surface area contributed by atoms with E-state index in [1.807, 2.05) is 6.07 Å². The molecule has 1 aromatic rings. The summed E-state index contributed by atoms with van der Waals surface area (Å²) in [5, 5.41) is 15.2. The van der Waals surface area contributed by atoms with E-state index < -0.39 is 6.10 Å². The first-order valence-electron chi connectivity index (χ1n) is 7.08. The number of carbonyl (C=O) groups is 2. The molecular weight excluding hydrogens is 336 g/mol. The van der Waals surface area contributed by atoms with Crippen molar-refractivity contribution in [2.75, 3.05) is 6.54 Å². The smallest absolute Gasteiger partial charge is 0.252 e. The van der Waals surface area contributed by atoms with Gasteiger partial charge < -0.3 is 15.7 Å². The van der Waals surface area contributed by atoms with Gasteiger partial charge in [0.15, 0.2) is 0 Å². The lowest BCUT2D eigenvalue weighted by Crippen LogP contribution is -2.48. The molecule has 1 aliphatic carbocycles. The molecule has 1 aromatic carbocycles. The Kier molecular flexibility index (Phi) is 5.76. The van der Waals surface area contributed by atoms with E-state index in [9.17, 15) is 14.7 Å². The summed E-state index contributed by atoms with van der Waals surface area (Å²) in [6.07, 6.45) is 3.01. The van der Waals surface area contributed by atoms with Crippen molar-refractivity contribution >= 4 is 27.7 Å². The van der Waals surface area contributed by atoms with E-state index >= 15 is 0 Å². The molecule has 2 amide bonds. The highest BCUT2D eigenvalue weighted by atomic mass is 79.9. The summed E-state index contributed by atoms with van der Waals surface area (Å²) in [7, 11) is 0. The Hall–Kier alpha value is -1.40. The number of benzene rings is 1. The summed E-state index contributed by atoms with van der Waals surface area (Å²) in [5.74, 6) is -0.580. The molecule has 5 nitrogen and oxygen atoms in total. The maximum absolute atomic E-state index is 12.0. The number of halogens is 1. The predicted octanol–water partition coefficient (Wildman–Crippen LogP) is 1.60. The van der Waals surface area contributed by atoms with Gasteiger partial charge in [-0.05, 0) is 40.9 Å². The minimum Gasteiger partial charge on any atom is -0.391 e. The number of amides is 2. The monoisotopic (exact) mass is 354 g/mol. The molecule has 2 atom stereocenters. The Morgan fingerprint density at radius 1 is 1.24 bits per heavy atom. The second-order valence-corrected chi connectivity index (χ2v) is 6.04. The highest BCUT2D eigenvalue weighted by molar-refractivity contribution is 9.10. The van der Waals surface area contributed by atoms with Crippen LogP contribution < -0.4 is 10.6 Å². The SMILES string of the molecule is O=C(CNC(=O)c1ccccc1Br)NC1CCCCC1O. The molecule has 1 aliphatic rings. The van der Waals surface area contributed by atoms with Crippen LogP contribution in [0.15, 0.2) is 28.7 Å². The Labute approximate surface area is 132 Å². The number of hydrogen-bond acceptors (Lipinski definition) is 3. The van der Waals surface area contributed by atoms with Crippen LogP contribution in [0.5, 0.6) is 0 Å². The lowest BCUT2D eigenvalue weighted by molar-refractivity contribution is -0.122. The zero-order valence-corrected chi connectivity index (χ0v) is 13.2. The van der Waals surface area contributed by atoms with Gasteiger partial charge in [-0.3, -0.25) is 9.59 Å². The molecule has 6 heteroatoms. The van der Waals surface area contributed by atoms with Crippen molar-refractivity contribution in [3.8, 4) is 0 Å². The van der Waals surface area contributed by atoms with Gasteiger partial charge in [-0.15, -0.1) is 0 Å². The third-order valence-electron chi connectivity index (χ3n) is 3.60. The summed E-state index contributed by atoms with van der Waals surface area (Å²) in [6, 6.07) is 6.83. The van der Waals surface area contributed by atoms with Crippen LogP contribution in [0.2, 0.25) is 0 Å². The van der Waals surface area contributed by atoms with Crippen LogP contribution in [-0.4, -0.2) is 35.6 Å². The lowest BCUT2D eigenvalue weighted by atomic mass is 9.92. The van der Waals surface area contributed by atoms with Gasteiger partial charge in [0.1, 0.15) is 0 Å². The van der Waals surface area contributed by atoms with Crippen LogP contribution in [-0.2, 0) is 4.79 Å². The fourth-order valence-electron chi connectivity index (χ4n) is 2.44. The number of hydrogen-bond donors (Lipinski definition) is 3. The zero-order valence-electron chi connectivity index (χ0n) is 11.6. The molecule has 0 heterocycles. The fraction of sp³-hybridized carbons (Fsp3) is 0.467. The summed E-state index contributed by atoms with van der Waals surface area (Å²) < 4.78 is 0.686. The molecule has 0 spiro atoms. The standard InChI is InChI=1S/C15H19BrN2O3/c16-11-6-2-1-5-10(11)15(21)17-9-14(20)18-12-7-3-4-8-13(12)19/h1-2,5-6,12-13,19H,3-4,7-9H2,(H,17,21)(H,18,20). The second-order valence-electron chi connectivity index (χ2n) is 5.19. The van der Waals surface area contributed by atoms with E-state index in [0.29, 0.717) is 16.5 Å². The van der Waals surface area contributed by atoms with Crippen LogP contribution in [0, 0.1) is 0 Å². The average Bonchev–Trinajstić information content (AvgIpc) is 2.48. The molecular formula is C15H19BrN2O3. The molecule has 0 radical (unpaired) electrons. The van der Waals surface area contributed by atoms with Crippen molar-refractivity contribution in [3.63, 3.8) is 0 Å². The normalized spacial score (nSPS) is 21.6. The van der Waals surface area contributed by atoms with Gasteiger partial charge in [-0.1, -0.05) is 25.0 Å². The molecule has 1 fully saturated rings. The zero-order chi connectivity index (χ0) is 15.2. The molecule has 1 saturated carbocycles. The van der Waals surface area contributed by atoms with E-state index in [0.717, 1.165) is 19.3 Å². The highest BCUT2D eigenvalue weighted by Crippen LogP contribution is 2.18. The molecule has 0 aromatic heterocycles. The maximum Gasteiger partial charge on any atom is 0.252 e. The Morgan fingerprint density at radius 2 is 1.95 bits per heavy atom. The summed E-state index contributed by atoms with van der Waals surface area (Å²) >= 11 is 3.30. The van der Waals surface area contributed by atoms with E-state index in [1.54, 1.807) is 18.2 Å². The van der Waals surface area contributed by atoms with Gasteiger partial charge in [-0.25, -0.2) is 0 Å². The molecule has 0 aliphatic heterocycles. The van der Waals surface area contributed by atoms with Crippen molar-refractivity contribution in [1.82, 2.24) is 10.6 Å². The van der Waals surface area contributed by atoms with Crippen molar-refractivity contribution in [3.05, 3.63) is 34.3 Å². The molecule has 0 saturated heterocycles. The average molecular weight is 355 g/mol. The number of aliphatic hydroxyl groups is 1. The van der Waals surface area contributed by atoms with E-state index in [2.05, 4.69) is 26.6 Å². The summed E-state index contributed by atoms with van der Waals surface area (Å²) in [6.45, 7) is -0.0939. The number of carbonyl (C=O) groups excluding carboxylic acids is 2. The Bertz CT molecular complexity index is 521. The van der Waals surface area contributed by atoms with Crippen molar-refractivity contribution in [2.24, 2.45) is 0 Å². The highest BCUT2D eigenvalue weighted by Gasteiger charge is 2.24. The largest absolute Gasteiger partial charge is 0.391 e. The van der Waals surface area contributed by atoms with E-state index in [1.165, 1.54) is 0 Å². The quantitative estimate of drug-likeness (QED) is 0.768. The van der Waals surface area contributed by atoms with Crippen molar-refractivity contribution in [2.45, 2.75) is 37.8 Å². The molecule has 114 valence electrons. The van der Waals surface area contributed by atoms with Crippen molar-refractivity contribution in [1.29, 1.82) is 0 Å². The van der Waals surface area contributed by atoms with E-state index in [-0.39, 0.29) is 24.4 Å². The first kappa shape index (κ1) is 16.0. The first-order valence-corrected chi connectivity index (χ1v) is 7.87. The third kappa shape index (κ3) is 4.54. The summed E-state index contributed by atoms with van der Waals surface area (Å²) in [4.78, 5) is 23.8. The summed E-state index contributed by atoms with van der Waals surface area (Å²) in [5.41, 5.74) is 0.489. The number of rotatable bonds is 4. The predicted molar refractivity (Wildman–Crippen MR) is 82.9 cm³/mol. The Balaban J connectivity index is 1.81. The second kappa shape index (κ2) is 7.56. The van der Waals surface area contributed by atoms with Gasteiger partial charge in [0.25, 0.3) is 5.91 Å². The minimum absolute atomic E-state index is 0.0939. The van der Waals surface area contributed by atoms with Gasteiger partial charge in [0.2, 0.25) is 5.91 Å². The topological polar surface area (TPSA) is 78.4 Å². The van der Waals surface area contributed by atoms with Crippen LogP contribution in [0.1, 0.15) is 36.0 Å². The molecule has 2 rings (SSSR count).